The molecule has 2 fully saturated rings. The Bertz CT molecular complexity index is 1070. The van der Waals surface area contributed by atoms with E-state index in [0.717, 1.165) is 36.5 Å². The summed E-state index contributed by atoms with van der Waals surface area (Å²) in [7, 11) is 1.56. The number of nitrogens with zero attached hydrogens (tertiary/aromatic N) is 5. The summed E-state index contributed by atoms with van der Waals surface area (Å²) in [5, 5.41) is 10.9. The van der Waals surface area contributed by atoms with Gasteiger partial charge in [0.25, 0.3) is 5.91 Å². The lowest BCUT2D eigenvalue weighted by atomic mass is 10.2. The summed E-state index contributed by atoms with van der Waals surface area (Å²) in [5.74, 6) is 0.998. The number of ether oxygens (including phenoxy) is 1. The first-order valence-corrected chi connectivity index (χ1v) is 10.3. The number of methoxy groups -OCH3 is 1. The second-order valence-electron chi connectivity index (χ2n) is 8.00. The summed E-state index contributed by atoms with van der Waals surface area (Å²) in [5.41, 5.74) is 2.58. The van der Waals surface area contributed by atoms with Crippen LogP contribution >= 0.6 is 0 Å². The molecule has 9 nitrogen and oxygen atoms in total. The number of pyridine rings is 1. The minimum atomic E-state index is -0.331. The molecule has 156 valence electrons. The average molecular weight is 407 g/mol. The number of nitrogens with one attached hydrogen (secondary N) is 2. The minimum absolute atomic E-state index is 0.261. The fourth-order valence-corrected chi connectivity index (χ4v) is 3.88. The molecule has 30 heavy (non-hydrogen) atoms. The fraction of sp³-hybridized carbons (Fsp3) is 0.429. The highest BCUT2D eigenvalue weighted by Crippen LogP contribution is 2.27. The smallest absolute Gasteiger partial charge is 0.275 e. The van der Waals surface area contributed by atoms with E-state index in [4.69, 9.17) is 4.74 Å². The van der Waals surface area contributed by atoms with E-state index >= 15 is 0 Å². The molecule has 0 bridgehead atoms. The Balaban J connectivity index is 1.28. The Morgan fingerprint density at radius 1 is 1.17 bits per heavy atom. The largest absolute Gasteiger partial charge is 0.493 e. The van der Waals surface area contributed by atoms with Gasteiger partial charge in [0.1, 0.15) is 11.5 Å². The van der Waals surface area contributed by atoms with Crippen LogP contribution < -0.4 is 20.3 Å². The first-order chi connectivity index (χ1) is 14.6. The standard InChI is InChI=1S/C21H25N7O2/c1-13-7-16-8-17(19(30-2)12-28(16)26-13)25-21(29)18-9-23-20(10-22-18)27-6-5-15(11-27)24-14-3-4-14/h7-10,12,14-15,24H,3-6,11H2,1-2H3,(H,25,29). The van der Waals surface area contributed by atoms with Gasteiger partial charge < -0.3 is 20.3 Å². The van der Waals surface area contributed by atoms with Gasteiger partial charge in [-0.05, 0) is 38.3 Å². The highest BCUT2D eigenvalue weighted by molar-refractivity contribution is 6.03. The van der Waals surface area contributed by atoms with Crippen LogP contribution in [-0.2, 0) is 0 Å². The molecular weight excluding hydrogens is 382 g/mol. The van der Waals surface area contributed by atoms with Gasteiger partial charge >= 0.3 is 0 Å². The predicted molar refractivity (Wildman–Crippen MR) is 113 cm³/mol. The Kier molecular flexibility index (Phi) is 4.74. The first kappa shape index (κ1) is 18.8. The Hall–Kier alpha value is -3.20. The van der Waals surface area contributed by atoms with Gasteiger partial charge in [-0.3, -0.25) is 4.79 Å². The second kappa shape index (κ2) is 7.56. The maximum atomic E-state index is 12.7. The zero-order valence-corrected chi connectivity index (χ0v) is 17.1. The molecule has 2 N–H and O–H groups in total. The van der Waals surface area contributed by atoms with E-state index in [1.165, 1.54) is 19.0 Å². The number of aromatic nitrogens is 4. The van der Waals surface area contributed by atoms with Gasteiger partial charge in [0, 0.05) is 25.2 Å². The number of rotatable bonds is 6. The third kappa shape index (κ3) is 3.80. The van der Waals surface area contributed by atoms with Crippen LogP contribution in [0.5, 0.6) is 5.75 Å². The van der Waals surface area contributed by atoms with Crippen molar-refractivity contribution >= 4 is 22.9 Å². The van der Waals surface area contributed by atoms with Gasteiger partial charge in [-0.15, -0.1) is 0 Å². The molecule has 1 aliphatic heterocycles. The monoisotopic (exact) mass is 407 g/mol. The van der Waals surface area contributed by atoms with Crippen LogP contribution in [-0.4, -0.2) is 57.8 Å². The summed E-state index contributed by atoms with van der Waals surface area (Å²) in [6.07, 6.45) is 8.63. The van der Waals surface area contributed by atoms with Crippen molar-refractivity contribution in [2.45, 2.75) is 38.3 Å². The normalized spacial score (nSPS) is 18.7. The predicted octanol–water partition coefficient (Wildman–Crippen LogP) is 2.02. The molecule has 0 spiro atoms. The van der Waals surface area contributed by atoms with Crippen LogP contribution in [0.15, 0.2) is 30.7 Å². The maximum absolute atomic E-state index is 12.7. The number of hydrogen-bond acceptors (Lipinski definition) is 7. The van der Waals surface area contributed by atoms with Crippen molar-refractivity contribution in [3.8, 4) is 5.75 Å². The molecule has 3 aromatic heterocycles. The summed E-state index contributed by atoms with van der Waals surface area (Å²) >= 11 is 0. The van der Waals surface area contributed by atoms with E-state index in [-0.39, 0.29) is 11.6 Å². The zero-order valence-electron chi connectivity index (χ0n) is 17.1. The molecule has 1 unspecified atom stereocenters. The molecule has 0 radical (unpaired) electrons. The van der Waals surface area contributed by atoms with Gasteiger partial charge in [-0.2, -0.15) is 5.10 Å². The SMILES string of the molecule is COc1cn2nc(C)cc2cc1NC(=O)c1cnc(N2CCC(NC3CC3)C2)cn1. The van der Waals surface area contributed by atoms with Crippen molar-refractivity contribution in [2.24, 2.45) is 0 Å². The van der Waals surface area contributed by atoms with Crippen molar-refractivity contribution in [3.63, 3.8) is 0 Å². The number of fused-ring (bicyclic) bond motifs is 1. The molecule has 5 rings (SSSR count). The summed E-state index contributed by atoms with van der Waals surface area (Å²) in [6.45, 7) is 3.80. The van der Waals surface area contributed by atoms with Gasteiger partial charge in [0.05, 0.1) is 42.6 Å². The van der Waals surface area contributed by atoms with Crippen molar-refractivity contribution < 1.29 is 9.53 Å². The lowest BCUT2D eigenvalue weighted by Crippen LogP contribution is -2.34. The summed E-state index contributed by atoms with van der Waals surface area (Å²) < 4.78 is 7.13. The Morgan fingerprint density at radius 2 is 2.03 bits per heavy atom. The minimum Gasteiger partial charge on any atom is -0.493 e. The first-order valence-electron chi connectivity index (χ1n) is 10.3. The number of amides is 1. The van der Waals surface area contributed by atoms with E-state index in [9.17, 15) is 4.79 Å². The molecule has 1 saturated carbocycles. The van der Waals surface area contributed by atoms with E-state index < -0.39 is 0 Å². The van der Waals surface area contributed by atoms with Gasteiger partial charge in [-0.1, -0.05) is 0 Å². The molecule has 9 heteroatoms. The van der Waals surface area contributed by atoms with Crippen molar-refractivity contribution in [1.29, 1.82) is 0 Å². The maximum Gasteiger partial charge on any atom is 0.275 e. The quantitative estimate of drug-likeness (QED) is 0.645. The average Bonchev–Trinajstić information content (AvgIpc) is 3.30. The van der Waals surface area contributed by atoms with Crippen molar-refractivity contribution in [1.82, 2.24) is 24.9 Å². The third-order valence-electron chi connectivity index (χ3n) is 5.58. The van der Waals surface area contributed by atoms with Crippen LogP contribution in [0.4, 0.5) is 11.5 Å². The Labute approximate surface area is 174 Å². The molecule has 1 aliphatic carbocycles. The number of carbonyl (C=O) groups excluding carboxylic acids is 1. The molecule has 4 heterocycles. The van der Waals surface area contributed by atoms with Gasteiger partial charge in [-0.25, -0.2) is 14.5 Å². The summed E-state index contributed by atoms with van der Waals surface area (Å²) in [6, 6.07) is 4.98. The molecule has 3 aromatic rings. The van der Waals surface area contributed by atoms with Crippen LogP contribution in [0.3, 0.4) is 0 Å². The molecule has 0 aromatic carbocycles. The topological polar surface area (TPSA) is 96.7 Å². The van der Waals surface area contributed by atoms with Crippen molar-refractivity contribution in [3.05, 3.63) is 42.1 Å². The van der Waals surface area contributed by atoms with Crippen LogP contribution in [0.2, 0.25) is 0 Å². The number of aryl methyl sites for hydroxylation is 1. The fourth-order valence-electron chi connectivity index (χ4n) is 3.88. The van der Waals surface area contributed by atoms with E-state index in [0.29, 0.717) is 23.5 Å². The number of anilines is 2. The molecule has 2 aliphatic rings. The van der Waals surface area contributed by atoms with E-state index in [1.807, 2.05) is 19.1 Å². The van der Waals surface area contributed by atoms with E-state index in [2.05, 4.69) is 30.6 Å². The lowest BCUT2D eigenvalue weighted by Gasteiger charge is -2.17. The van der Waals surface area contributed by atoms with Crippen LogP contribution in [0.25, 0.3) is 5.52 Å². The molecule has 1 atom stereocenters. The van der Waals surface area contributed by atoms with Crippen molar-refractivity contribution in [2.75, 3.05) is 30.4 Å². The zero-order chi connectivity index (χ0) is 20.7. The lowest BCUT2D eigenvalue weighted by molar-refractivity contribution is 0.102. The number of hydrogen-bond donors (Lipinski definition) is 2. The van der Waals surface area contributed by atoms with Gasteiger partial charge in [0.15, 0.2) is 5.75 Å². The van der Waals surface area contributed by atoms with Gasteiger partial charge in [0.2, 0.25) is 0 Å². The molecular formula is C21H25N7O2. The molecule has 1 amide bonds. The highest BCUT2D eigenvalue weighted by Gasteiger charge is 2.29. The van der Waals surface area contributed by atoms with E-state index in [1.54, 1.807) is 24.0 Å². The number of carbonyl (C=O) groups is 1. The third-order valence-corrected chi connectivity index (χ3v) is 5.58. The van der Waals surface area contributed by atoms with Crippen LogP contribution in [0.1, 0.15) is 35.4 Å². The molecule has 1 saturated heterocycles. The highest BCUT2D eigenvalue weighted by atomic mass is 16.5. The Morgan fingerprint density at radius 3 is 2.77 bits per heavy atom. The second-order valence-corrected chi connectivity index (χ2v) is 8.00. The summed E-state index contributed by atoms with van der Waals surface area (Å²) in [4.78, 5) is 23.8. The van der Waals surface area contributed by atoms with Crippen LogP contribution in [0, 0.1) is 6.92 Å².